The number of piperidine rings is 1. The first kappa shape index (κ1) is 14.6. The molecule has 3 heterocycles. The van der Waals surface area contributed by atoms with Crippen molar-refractivity contribution < 1.29 is 9.84 Å². The molecule has 3 rings (SSSR count). The maximum atomic E-state index is 11.5. The van der Waals surface area contributed by atoms with Crippen LogP contribution in [0.15, 0.2) is 41.6 Å². The molecule has 0 bridgehead atoms. The van der Waals surface area contributed by atoms with Crippen molar-refractivity contribution in [2.45, 2.75) is 25.5 Å². The van der Waals surface area contributed by atoms with E-state index in [-0.39, 0.29) is 17.3 Å². The number of nitrogens with zero attached hydrogens (tertiary/aromatic N) is 2. The molecule has 116 valence electrons. The molecule has 6 heteroatoms. The number of likely N-dealkylation sites (tertiary alicyclic amines) is 1. The van der Waals surface area contributed by atoms with Crippen LogP contribution >= 0.6 is 0 Å². The summed E-state index contributed by atoms with van der Waals surface area (Å²) in [6.45, 7) is 2.43. The van der Waals surface area contributed by atoms with Gasteiger partial charge in [-0.05, 0) is 31.5 Å². The molecule has 0 amide bonds. The Labute approximate surface area is 128 Å². The van der Waals surface area contributed by atoms with E-state index < -0.39 is 0 Å². The molecule has 1 atom stereocenters. The summed E-state index contributed by atoms with van der Waals surface area (Å²) in [5, 5.41) is 9.27. The van der Waals surface area contributed by atoms with Gasteiger partial charge in [-0.2, -0.15) is 0 Å². The number of rotatable bonds is 4. The number of pyridine rings is 2. The molecule has 2 N–H and O–H groups in total. The summed E-state index contributed by atoms with van der Waals surface area (Å²) in [6, 6.07) is 5.16. The molecule has 1 aliphatic heterocycles. The second-order valence-electron chi connectivity index (χ2n) is 5.51. The van der Waals surface area contributed by atoms with Crippen LogP contribution in [0.2, 0.25) is 0 Å². The number of aromatic nitrogens is 2. The first-order chi connectivity index (χ1) is 10.7. The van der Waals surface area contributed by atoms with Gasteiger partial charge in [0.1, 0.15) is 11.9 Å². The predicted molar refractivity (Wildman–Crippen MR) is 81.9 cm³/mol. The average molecular weight is 301 g/mol. The van der Waals surface area contributed by atoms with Crippen LogP contribution in [0.25, 0.3) is 0 Å². The molecule has 2 aromatic rings. The Hall–Kier alpha value is -2.34. The minimum atomic E-state index is -0.352. The van der Waals surface area contributed by atoms with E-state index in [1.807, 2.05) is 12.1 Å². The highest BCUT2D eigenvalue weighted by Crippen LogP contribution is 2.18. The third-order valence-electron chi connectivity index (χ3n) is 3.76. The molecule has 6 nitrogen and oxygen atoms in total. The Morgan fingerprint density at radius 3 is 3.00 bits per heavy atom. The lowest BCUT2D eigenvalue weighted by atomic mass is 10.1. The normalized spacial score (nSPS) is 19.0. The minimum absolute atomic E-state index is 0.139. The van der Waals surface area contributed by atoms with Crippen LogP contribution in [0.1, 0.15) is 18.5 Å². The summed E-state index contributed by atoms with van der Waals surface area (Å²) >= 11 is 0. The van der Waals surface area contributed by atoms with Crippen molar-refractivity contribution in [3.05, 3.63) is 52.7 Å². The molecular formula is C16H19N3O3. The molecule has 1 aliphatic rings. The Balaban J connectivity index is 1.60. The second-order valence-corrected chi connectivity index (χ2v) is 5.51. The summed E-state index contributed by atoms with van der Waals surface area (Å²) in [7, 11) is 0. The number of nitrogens with one attached hydrogen (secondary N) is 1. The predicted octanol–water partition coefficient (Wildman–Crippen LogP) is 1.52. The molecule has 0 aromatic carbocycles. The van der Waals surface area contributed by atoms with Gasteiger partial charge in [0.2, 0.25) is 5.43 Å². The molecule has 22 heavy (non-hydrogen) atoms. The molecule has 0 spiro atoms. The van der Waals surface area contributed by atoms with Crippen LogP contribution in [0, 0.1) is 0 Å². The first-order valence-corrected chi connectivity index (χ1v) is 7.40. The highest BCUT2D eigenvalue weighted by molar-refractivity contribution is 5.19. The summed E-state index contributed by atoms with van der Waals surface area (Å²) in [4.78, 5) is 20.6. The Morgan fingerprint density at radius 1 is 1.41 bits per heavy atom. The SMILES string of the molecule is O=c1cc(CN2CCCC(Oc3ccncc3)C2)[nH]cc1O. The molecule has 0 radical (unpaired) electrons. The van der Waals surface area contributed by atoms with Gasteiger partial charge < -0.3 is 14.8 Å². The van der Waals surface area contributed by atoms with Crippen LogP contribution < -0.4 is 10.2 Å². The van der Waals surface area contributed by atoms with Crippen molar-refractivity contribution in [1.82, 2.24) is 14.9 Å². The zero-order chi connectivity index (χ0) is 15.4. The fourth-order valence-corrected chi connectivity index (χ4v) is 2.70. The maximum absolute atomic E-state index is 11.5. The van der Waals surface area contributed by atoms with Crippen LogP contribution in [-0.4, -0.2) is 39.2 Å². The fraction of sp³-hybridized carbons (Fsp3) is 0.375. The highest BCUT2D eigenvalue weighted by atomic mass is 16.5. The monoisotopic (exact) mass is 301 g/mol. The van der Waals surface area contributed by atoms with E-state index in [2.05, 4.69) is 14.9 Å². The van der Waals surface area contributed by atoms with Crippen LogP contribution in [0.5, 0.6) is 11.5 Å². The van der Waals surface area contributed by atoms with Gasteiger partial charge in [0.25, 0.3) is 0 Å². The van der Waals surface area contributed by atoms with Crippen LogP contribution in [-0.2, 0) is 6.54 Å². The lowest BCUT2D eigenvalue weighted by molar-refractivity contribution is 0.0835. The van der Waals surface area contributed by atoms with Gasteiger partial charge in [0.15, 0.2) is 5.75 Å². The summed E-state index contributed by atoms with van der Waals surface area (Å²) < 4.78 is 5.97. The Morgan fingerprint density at radius 2 is 2.23 bits per heavy atom. The van der Waals surface area contributed by atoms with Crippen molar-refractivity contribution >= 4 is 0 Å². The third-order valence-corrected chi connectivity index (χ3v) is 3.76. The molecule has 0 aliphatic carbocycles. The zero-order valence-electron chi connectivity index (χ0n) is 12.2. The van der Waals surface area contributed by atoms with Gasteiger partial charge in [0.05, 0.1) is 0 Å². The molecule has 1 unspecified atom stereocenters. The summed E-state index contributed by atoms with van der Waals surface area (Å²) in [5.74, 6) is 0.584. The van der Waals surface area contributed by atoms with Gasteiger partial charge in [-0.1, -0.05) is 0 Å². The summed E-state index contributed by atoms with van der Waals surface area (Å²) in [5.41, 5.74) is 0.447. The van der Waals surface area contributed by atoms with E-state index >= 15 is 0 Å². The first-order valence-electron chi connectivity index (χ1n) is 7.40. The molecule has 0 saturated carbocycles. The van der Waals surface area contributed by atoms with Gasteiger partial charge in [-0.3, -0.25) is 14.7 Å². The average Bonchev–Trinajstić information content (AvgIpc) is 2.52. The second kappa shape index (κ2) is 6.62. The van der Waals surface area contributed by atoms with Crippen molar-refractivity contribution in [2.24, 2.45) is 0 Å². The number of hydrogen-bond acceptors (Lipinski definition) is 5. The van der Waals surface area contributed by atoms with E-state index in [4.69, 9.17) is 4.74 Å². The third kappa shape index (κ3) is 3.65. The van der Waals surface area contributed by atoms with Crippen molar-refractivity contribution in [3.63, 3.8) is 0 Å². The highest BCUT2D eigenvalue weighted by Gasteiger charge is 2.21. The number of ether oxygens (including phenoxy) is 1. The number of H-pyrrole nitrogens is 1. The largest absolute Gasteiger partial charge is 0.503 e. The molecular weight excluding hydrogens is 282 g/mol. The molecule has 2 aromatic heterocycles. The van der Waals surface area contributed by atoms with Crippen molar-refractivity contribution in [1.29, 1.82) is 0 Å². The van der Waals surface area contributed by atoms with Gasteiger partial charge >= 0.3 is 0 Å². The molecule has 1 fully saturated rings. The quantitative estimate of drug-likeness (QED) is 0.895. The maximum Gasteiger partial charge on any atom is 0.223 e. The smallest absolute Gasteiger partial charge is 0.223 e. The van der Waals surface area contributed by atoms with Gasteiger partial charge in [-0.25, -0.2) is 0 Å². The van der Waals surface area contributed by atoms with E-state index in [0.29, 0.717) is 6.54 Å². The topological polar surface area (TPSA) is 78.5 Å². The summed E-state index contributed by atoms with van der Waals surface area (Å²) in [6.07, 6.45) is 6.99. The van der Waals surface area contributed by atoms with Crippen molar-refractivity contribution in [2.75, 3.05) is 13.1 Å². The lowest BCUT2D eigenvalue weighted by Gasteiger charge is -2.32. The minimum Gasteiger partial charge on any atom is -0.503 e. The van der Waals surface area contributed by atoms with Gasteiger partial charge in [-0.15, -0.1) is 0 Å². The zero-order valence-corrected chi connectivity index (χ0v) is 12.2. The van der Waals surface area contributed by atoms with E-state index in [1.165, 1.54) is 12.3 Å². The molecule has 1 saturated heterocycles. The van der Waals surface area contributed by atoms with E-state index in [0.717, 1.165) is 37.4 Å². The Kier molecular flexibility index (Phi) is 4.39. The standard InChI is InChI=1S/C16H19N3O3/c20-15-8-12(18-9-16(15)21)10-19-7-1-2-14(11-19)22-13-3-5-17-6-4-13/h3-6,8-9,14,21H,1-2,7,10-11H2,(H,18,20). The number of hydrogen-bond donors (Lipinski definition) is 2. The van der Waals surface area contributed by atoms with Crippen LogP contribution in [0.4, 0.5) is 0 Å². The lowest BCUT2D eigenvalue weighted by Crippen LogP contribution is -2.40. The number of aromatic hydroxyl groups is 1. The Bertz CT molecular complexity index is 672. The van der Waals surface area contributed by atoms with Gasteiger partial charge in [0, 0.05) is 43.4 Å². The van der Waals surface area contributed by atoms with E-state index in [9.17, 15) is 9.90 Å². The van der Waals surface area contributed by atoms with Crippen molar-refractivity contribution in [3.8, 4) is 11.5 Å². The number of aromatic amines is 1. The fourth-order valence-electron chi connectivity index (χ4n) is 2.70. The van der Waals surface area contributed by atoms with E-state index in [1.54, 1.807) is 12.4 Å². The van der Waals surface area contributed by atoms with Crippen LogP contribution in [0.3, 0.4) is 0 Å².